The summed E-state index contributed by atoms with van der Waals surface area (Å²) in [6.07, 6.45) is 0.756. The largest absolute Gasteiger partial charge is 0.395 e. The van der Waals surface area contributed by atoms with Gasteiger partial charge in [-0.2, -0.15) is 0 Å². The Bertz CT molecular complexity index is 255. The highest BCUT2D eigenvalue weighted by Crippen LogP contribution is 2.30. The number of β-amino-alcohol motifs (C(OH)–C–C–N with tert-alkyl or cyclic N) is 1. The third-order valence-corrected chi connectivity index (χ3v) is 2.86. The molecule has 2 saturated heterocycles. The van der Waals surface area contributed by atoms with Crippen molar-refractivity contribution in [2.45, 2.75) is 19.4 Å². The summed E-state index contributed by atoms with van der Waals surface area (Å²) in [5.74, 6) is 0.262. The predicted octanol–water partition coefficient (Wildman–Crippen LogP) is -0.349. The summed E-state index contributed by atoms with van der Waals surface area (Å²) in [4.78, 5) is 26.1. The molecule has 0 bridgehead atoms. The molecule has 2 rings (SSSR count). The molecule has 2 aliphatic heterocycles. The fourth-order valence-corrected chi connectivity index (χ4v) is 2.23. The molecule has 0 radical (unpaired) electrons. The summed E-state index contributed by atoms with van der Waals surface area (Å²) < 4.78 is 0. The predicted molar refractivity (Wildman–Crippen MR) is 48.5 cm³/mol. The van der Waals surface area contributed by atoms with Crippen molar-refractivity contribution in [3.63, 3.8) is 0 Å². The van der Waals surface area contributed by atoms with E-state index in [-0.39, 0.29) is 31.1 Å². The van der Waals surface area contributed by atoms with Crippen molar-refractivity contribution < 1.29 is 14.7 Å². The minimum Gasteiger partial charge on any atom is -0.395 e. The first kappa shape index (κ1) is 9.45. The molecule has 1 N–H and O–H groups in total. The Balaban J connectivity index is 2.15. The lowest BCUT2D eigenvalue weighted by Crippen LogP contribution is -2.36. The SMILES string of the molecule is C[C@@H]1C[C@H]2C(=O)N(CCO)C(=O)N2C1. The molecule has 2 aliphatic rings. The highest BCUT2D eigenvalue weighted by molar-refractivity contribution is 6.04. The first-order valence-electron chi connectivity index (χ1n) is 4.88. The van der Waals surface area contributed by atoms with Crippen molar-refractivity contribution in [2.75, 3.05) is 19.7 Å². The van der Waals surface area contributed by atoms with Crippen molar-refractivity contribution in [1.29, 1.82) is 0 Å². The topological polar surface area (TPSA) is 60.9 Å². The third-order valence-electron chi connectivity index (χ3n) is 2.86. The van der Waals surface area contributed by atoms with E-state index in [0.29, 0.717) is 12.5 Å². The molecule has 5 nitrogen and oxygen atoms in total. The lowest BCUT2D eigenvalue weighted by Gasteiger charge is -2.14. The van der Waals surface area contributed by atoms with Crippen LogP contribution in [0, 0.1) is 5.92 Å². The van der Waals surface area contributed by atoms with Gasteiger partial charge in [-0.1, -0.05) is 6.92 Å². The zero-order valence-electron chi connectivity index (χ0n) is 8.14. The zero-order chi connectivity index (χ0) is 10.3. The Hall–Kier alpha value is -1.10. The van der Waals surface area contributed by atoms with Gasteiger partial charge < -0.3 is 10.0 Å². The average Bonchev–Trinajstić information content (AvgIpc) is 2.61. The molecule has 0 spiro atoms. The Morgan fingerprint density at radius 2 is 2.21 bits per heavy atom. The van der Waals surface area contributed by atoms with Gasteiger partial charge in [-0.05, 0) is 12.3 Å². The minimum absolute atomic E-state index is 0.124. The number of carbonyl (C=O) groups is 2. The van der Waals surface area contributed by atoms with Gasteiger partial charge in [0.05, 0.1) is 13.2 Å². The van der Waals surface area contributed by atoms with E-state index in [4.69, 9.17) is 5.11 Å². The van der Waals surface area contributed by atoms with E-state index in [1.165, 1.54) is 0 Å². The van der Waals surface area contributed by atoms with Crippen molar-refractivity contribution in [1.82, 2.24) is 9.80 Å². The Kier molecular flexibility index (Phi) is 2.19. The van der Waals surface area contributed by atoms with E-state index in [9.17, 15) is 9.59 Å². The lowest BCUT2D eigenvalue weighted by atomic mass is 10.1. The van der Waals surface area contributed by atoms with Gasteiger partial charge in [0, 0.05) is 6.54 Å². The molecular formula is C9H14N2O3. The lowest BCUT2D eigenvalue weighted by molar-refractivity contribution is -0.128. The molecule has 2 heterocycles. The molecule has 0 aliphatic carbocycles. The van der Waals surface area contributed by atoms with Gasteiger partial charge in [0.1, 0.15) is 6.04 Å². The normalized spacial score (nSPS) is 31.6. The van der Waals surface area contributed by atoms with E-state index < -0.39 is 0 Å². The van der Waals surface area contributed by atoms with Gasteiger partial charge in [0.2, 0.25) is 0 Å². The number of urea groups is 1. The van der Waals surface area contributed by atoms with E-state index in [1.54, 1.807) is 4.90 Å². The molecule has 78 valence electrons. The summed E-state index contributed by atoms with van der Waals surface area (Å²) in [6.45, 7) is 2.67. The van der Waals surface area contributed by atoms with Gasteiger partial charge in [-0.25, -0.2) is 4.79 Å². The second-order valence-corrected chi connectivity index (χ2v) is 4.01. The monoisotopic (exact) mass is 198 g/mol. The van der Waals surface area contributed by atoms with Crippen molar-refractivity contribution in [2.24, 2.45) is 5.92 Å². The number of aliphatic hydroxyl groups excluding tert-OH is 1. The van der Waals surface area contributed by atoms with Crippen LogP contribution in [-0.2, 0) is 4.79 Å². The molecule has 3 amide bonds. The number of rotatable bonds is 2. The molecule has 0 saturated carbocycles. The first-order valence-corrected chi connectivity index (χ1v) is 4.88. The highest BCUT2D eigenvalue weighted by atomic mass is 16.3. The van der Waals surface area contributed by atoms with Crippen LogP contribution < -0.4 is 0 Å². The Morgan fingerprint density at radius 3 is 2.79 bits per heavy atom. The fourth-order valence-electron chi connectivity index (χ4n) is 2.23. The molecule has 2 fully saturated rings. The Labute approximate surface area is 82.3 Å². The molecule has 0 aromatic carbocycles. The van der Waals surface area contributed by atoms with Crippen molar-refractivity contribution in [3.05, 3.63) is 0 Å². The number of hydrogen-bond donors (Lipinski definition) is 1. The number of nitrogens with zero attached hydrogens (tertiary/aromatic N) is 2. The number of carbonyl (C=O) groups excluding carboxylic acids is 2. The maximum atomic E-state index is 11.7. The first-order chi connectivity index (χ1) is 6.65. The number of imide groups is 1. The summed E-state index contributed by atoms with van der Waals surface area (Å²) in [5.41, 5.74) is 0. The number of hydrogen-bond acceptors (Lipinski definition) is 3. The zero-order valence-corrected chi connectivity index (χ0v) is 8.14. The summed E-state index contributed by atoms with van der Waals surface area (Å²) in [5, 5.41) is 8.71. The summed E-state index contributed by atoms with van der Waals surface area (Å²) >= 11 is 0. The van der Waals surface area contributed by atoms with Gasteiger partial charge in [-0.3, -0.25) is 9.69 Å². The van der Waals surface area contributed by atoms with Crippen molar-refractivity contribution >= 4 is 11.9 Å². The van der Waals surface area contributed by atoms with Gasteiger partial charge in [-0.15, -0.1) is 0 Å². The van der Waals surface area contributed by atoms with Gasteiger partial charge >= 0.3 is 6.03 Å². The molecule has 0 aromatic heterocycles. The highest BCUT2D eigenvalue weighted by Gasteiger charge is 2.48. The second kappa shape index (κ2) is 3.24. The fraction of sp³-hybridized carbons (Fsp3) is 0.778. The van der Waals surface area contributed by atoms with E-state index in [0.717, 1.165) is 11.3 Å². The van der Waals surface area contributed by atoms with Crippen LogP contribution in [0.1, 0.15) is 13.3 Å². The molecule has 2 atom stereocenters. The van der Waals surface area contributed by atoms with Gasteiger partial charge in [0.25, 0.3) is 5.91 Å². The van der Waals surface area contributed by atoms with Gasteiger partial charge in [0.15, 0.2) is 0 Å². The summed E-state index contributed by atoms with van der Waals surface area (Å²) in [7, 11) is 0. The second-order valence-electron chi connectivity index (χ2n) is 4.01. The standard InChI is InChI=1S/C9H14N2O3/c1-6-4-7-8(13)10(2-3-12)9(14)11(7)5-6/h6-7,12H,2-5H2,1H3/t6-,7+/m1/s1. The van der Waals surface area contributed by atoms with Crippen LogP contribution in [-0.4, -0.2) is 52.6 Å². The number of aliphatic hydroxyl groups is 1. The van der Waals surface area contributed by atoms with Crippen LogP contribution in [0.15, 0.2) is 0 Å². The quantitative estimate of drug-likeness (QED) is 0.617. The van der Waals surface area contributed by atoms with Crippen molar-refractivity contribution in [3.8, 4) is 0 Å². The van der Waals surface area contributed by atoms with Crippen LogP contribution in [0.5, 0.6) is 0 Å². The van der Waals surface area contributed by atoms with E-state index >= 15 is 0 Å². The Morgan fingerprint density at radius 1 is 1.50 bits per heavy atom. The maximum Gasteiger partial charge on any atom is 0.327 e. The smallest absolute Gasteiger partial charge is 0.327 e. The number of fused-ring (bicyclic) bond motifs is 1. The third kappa shape index (κ3) is 1.19. The minimum atomic E-state index is -0.260. The molecule has 14 heavy (non-hydrogen) atoms. The van der Waals surface area contributed by atoms with Crippen LogP contribution in [0.4, 0.5) is 4.79 Å². The van der Waals surface area contributed by atoms with E-state index in [2.05, 4.69) is 0 Å². The van der Waals surface area contributed by atoms with E-state index in [1.807, 2.05) is 6.92 Å². The summed E-state index contributed by atoms with van der Waals surface area (Å²) in [6, 6.07) is -0.498. The average molecular weight is 198 g/mol. The molecule has 0 aromatic rings. The van der Waals surface area contributed by atoms with Crippen LogP contribution in [0.25, 0.3) is 0 Å². The van der Waals surface area contributed by atoms with Crippen LogP contribution in [0.3, 0.4) is 0 Å². The maximum absolute atomic E-state index is 11.7. The molecule has 5 heteroatoms. The van der Waals surface area contributed by atoms with Crippen LogP contribution >= 0.6 is 0 Å². The number of amides is 3. The van der Waals surface area contributed by atoms with Crippen LogP contribution in [0.2, 0.25) is 0 Å². The molecule has 0 unspecified atom stereocenters. The molecular weight excluding hydrogens is 184 g/mol.